The summed E-state index contributed by atoms with van der Waals surface area (Å²) < 4.78 is 6.96. The number of fused-ring (bicyclic) bond motifs is 1. The fraction of sp³-hybridized carbons (Fsp3) is 0.235. The minimum Gasteiger partial charge on any atom is -0.497 e. The Morgan fingerprint density at radius 1 is 1.18 bits per heavy atom. The molecule has 0 amide bonds. The molecule has 4 rings (SSSR count). The average Bonchev–Trinajstić information content (AvgIpc) is 3.39. The fourth-order valence-electron chi connectivity index (χ4n) is 2.65. The summed E-state index contributed by atoms with van der Waals surface area (Å²) in [7, 11) is 1.62. The van der Waals surface area contributed by atoms with Crippen LogP contribution in [-0.2, 0) is 0 Å². The second kappa shape index (κ2) is 4.94. The van der Waals surface area contributed by atoms with Gasteiger partial charge in [-0.3, -0.25) is 9.36 Å². The van der Waals surface area contributed by atoms with Crippen LogP contribution >= 0.6 is 0 Å². The number of hydrogen-bond acceptors (Lipinski definition) is 4. The summed E-state index contributed by atoms with van der Waals surface area (Å²) >= 11 is 0. The van der Waals surface area contributed by atoms with E-state index in [9.17, 15) is 4.79 Å². The topological polar surface area (TPSA) is 57.0 Å². The smallest absolute Gasteiger partial charge is 0.278 e. The van der Waals surface area contributed by atoms with Gasteiger partial charge < -0.3 is 4.74 Å². The molecule has 0 N–H and O–H groups in total. The number of ether oxygens (including phenoxy) is 1. The lowest BCUT2D eigenvalue weighted by Gasteiger charge is -2.10. The zero-order chi connectivity index (χ0) is 15.1. The minimum absolute atomic E-state index is 0.0705. The van der Waals surface area contributed by atoms with Gasteiger partial charge in [-0.1, -0.05) is 0 Å². The van der Waals surface area contributed by atoms with Crippen molar-refractivity contribution in [3.8, 4) is 17.0 Å². The summed E-state index contributed by atoms with van der Waals surface area (Å²) in [6, 6.07) is 11.4. The number of aromatic nitrogens is 3. The zero-order valence-corrected chi connectivity index (χ0v) is 12.2. The molecule has 0 unspecified atom stereocenters. The van der Waals surface area contributed by atoms with Gasteiger partial charge in [0.2, 0.25) is 0 Å². The maximum Gasteiger partial charge on any atom is 0.278 e. The molecule has 1 aromatic carbocycles. The molecule has 2 heterocycles. The van der Waals surface area contributed by atoms with Crippen LogP contribution in [0.25, 0.3) is 22.4 Å². The summed E-state index contributed by atoms with van der Waals surface area (Å²) in [4.78, 5) is 21.7. The number of hydrogen-bond donors (Lipinski definition) is 0. The van der Waals surface area contributed by atoms with E-state index in [1.807, 2.05) is 36.4 Å². The van der Waals surface area contributed by atoms with Crippen LogP contribution in [0.15, 0.2) is 47.4 Å². The van der Waals surface area contributed by atoms with Crippen LogP contribution in [0.1, 0.15) is 18.9 Å². The van der Waals surface area contributed by atoms with E-state index in [0.717, 1.165) is 29.7 Å². The van der Waals surface area contributed by atoms with Gasteiger partial charge in [0.1, 0.15) is 17.0 Å². The molecule has 1 aliphatic rings. The number of rotatable bonds is 3. The highest BCUT2D eigenvalue weighted by Crippen LogP contribution is 2.35. The Bertz CT molecular complexity index is 896. The maximum absolute atomic E-state index is 12.8. The lowest BCUT2D eigenvalue weighted by atomic mass is 10.1. The Labute approximate surface area is 127 Å². The summed E-state index contributed by atoms with van der Waals surface area (Å²) in [5.74, 6) is 0.758. The van der Waals surface area contributed by atoms with Gasteiger partial charge in [-0.05, 0) is 49.2 Å². The Morgan fingerprint density at radius 3 is 2.64 bits per heavy atom. The van der Waals surface area contributed by atoms with Crippen LogP contribution in [0.5, 0.6) is 5.75 Å². The third kappa shape index (κ3) is 2.06. The van der Waals surface area contributed by atoms with E-state index in [1.54, 1.807) is 17.9 Å². The number of benzene rings is 1. The van der Waals surface area contributed by atoms with Crippen molar-refractivity contribution in [3.63, 3.8) is 0 Å². The van der Waals surface area contributed by atoms with Crippen LogP contribution in [0.3, 0.4) is 0 Å². The molecular weight excluding hydrogens is 278 g/mol. The van der Waals surface area contributed by atoms with E-state index < -0.39 is 0 Å². The van der Waals surface area contributed by atoms with Crippen LogP contribution in [-0.4, -0.2) is 21.6 Å². The molecule has 0 saturated heterocycles. The lowest BCUT2D eigenvalue weighted by molar-refractivity contribution is 0.415. The molecule has 3 aromatic rings. The molecule has 2 aromatic heterocycles. The predicted molar refractivity (Wildman–Crippen MR) is 84.1 cm³/mol. The van der Waals surface area contributed by atoms with Crippen molar-refractivity contribution in [1.29, 1.82) is 0 Å². The van der Waals surface area contributed by atoms with E-state index in [1.165, 1.54) is 0 Å². The molecule has 22 heavy (non-hydrogen) atoms. The molecule has 5 nitrogen and oxygen atoms in total. The minimum atomic E-state index is -0.0705. The van der Waals surface area contributed by atoms with Gasteiger partial charge in [-0.15, -0.1) is 0 Å². The first-order valence-electron chi connectivity index (χ1n) is 7.29. The van der Waals surface area contributed by atoms with E-state index in [-0.39, 0.29) is 11.6 Å². The van der Waals surface area contributed by atoms with Crippen LogP contribution in [0, 0.1) is 0 Å². The van der Waals surface area contributed by atoms with E-state index in [4.69, 9.17) is 4.74 Å². The number of nitrogens with zero attached hydrogens (tertiary/aromatic N) is 3. The van der Waals surface area contributed by atoms with E-state index in [2.05, 4.69) is 9.97 Å². The third-order valence-corrected chi connectivity index (χ3v) is 3.92. The Hall–Kier alpha value is -2.69. The third-order valence-electron chi connectivity index (χ3n) is 3.92. The van der Waals surface area contributed by atoms with Gasteiger partial charge in [0.05, 0.1) is 7.11 Å². The zero-order valence-electron chi connectivity index (χ0n) is 12.2. The summed E-state index contributed by atoms with van der Waals surface area (Å²) in [5.41, 5.74) is 2.62. The van der Waals surface area contributed by atoms with Gasteiger partial charge in [0, 0.05) is 17.8 Å². The number of pyridine rings is 1. The van der Waals surface area contributed by atoms with Gasteiger partial charge in [0.25, 0.3) is 5.56 Å². The summed E-state index contributed by atoms with van der Waals surface area (Å²) in [6.45, 7) is 0. The van der Waals surface area contributed by atoms with Crippen LogP contribution < -0.4 is 10.3 Å². The van der Waals surface area contributed by atoms with Crippen molar-refractivity contribution >= 4 is 11.2 Å². The van der Waals surface area contributed by atoms with E-state index >= 15 is 0 Å². The molecule has 0 spiro atoms. The van der Waals surface area contributed by atoms with Gasteiger partial charge in [-0.25, -0.2) is 9.97 Å². The molecule has 0 aliphatic heterocycles. The normalized spacial score (nSPS) is 14.2. The second-order valence-electron chi connectivity index (χ2n) is 5.44. The molecule has 0 bridgehead atoms. The SMILES string of the molecule is COc1ccc(-c2nc3cccnc3n(C3CC3)c2=O)cc1. The Kier molecular flexibility index (Phi) is 2.92. The first-order valence-corrected chi connectivity index (χ1v) is 7.29. The molecule has 1 aliphatic carbocycles. The second-order valence-corrected chi connectivity index (χ2v) is 5.44. The molecule has 0 radical (unpaired) electrons. The quantitative estimate of drug-likeness (QED) is 0.745. The van der Waals surface area contributed by atoms with Gasteiger partial charge in [0.15, 0.2) is 5.65 Å². The highest BCUT2D eigenvalue weighted by atomic mass is 16.5. The van der Waals surface area contributed by atoms with Crippen molar-refractivity contribution in [1.82, 2.24) is 14.5 Å². The lowest BCUT2D eigenvalue weighted by Crippen LogP contribution is -2.23. The first kappa shape index (κ1) is 13.0. The highest BCUT2D eigenvalue weighted by molar-refractivity contribution is 5.74. The van der Waals surface area contributed by atoms with Gasteiger partial charge in [-0.2, -0.15) is 0 Å². The summed E-state index contributed by atoms with van der Waals surface area (Å²) in [6.07, 6.45) is 3.75. The van der Waals surface area contributed by atoms with Gasteiger partial charge >= 0.3 is 0 Å². The van der Waals surface area contributed by atoms with Crippen molar-refractivity contribution in [2.45, 2.75) is 18.9 Å². The monoisotopic (exact) mass is 293 g/mol. The molecule has 110 valence electrons. The van der Waals surface area contributed by atoms with Crippen molar-refractivity contribution in [2.24, 2.45) is 0 Å². The van der Waals surface area contributed by atoms with Crippen LogP contribution in [0.2, 0.25) is 0 Å². The number of methoxy groups -OCH3 is 1. The maximum atomic E-state index is 12.8. The van der Waals surface area contributed by atoms with Crippen molar-refractivity contribution < 1.29 is 4.74 Å². The average molecular weight is 293 g/mol. The molecule has 1 fully saturated rings. The Balaban J connectivity index is 1.97. The fourth-order valence-corrected chi connectivity index (χ4v) is 2.65. The van der Waals surface area contributed by atoms with Crippen LogP contribution in [0.4, 0.5) is 0 Å². The molecular formula is C17H15N3O2. The standard InChI is InChI=1S/C17H15N3O2/c1-22-13-8-4-11(5-9-13)15-17(21)20(12-6-7-12)16-14(19-15)3-2-10-18-16/h2-5,8-10,12H,6-7H2,1H3. The van der Waals surface area contributed by atoms with E-state index in [0.29, 0.717) is 11.3 Å². The molecule has 1 saturated carbocycles. The van der Waals surface area contributed by atoms with Crippen molar-refractivity contribution in [2.75, 3.05) is 7.11 Å². The largest absolute Gasteiger partial charge is 0.497 e. The Morgan fingerprint density at radius 2 is 1.95 bits per heavy atom. The molecule has 5 heteroatoms. The molecule has 0 atom stereocenters. The highest BCUT2D eigenvalue weighted by Gasteiger charge is 2.28. The predicted octanol–water partition coefficient (Wildman–Crippen LogP) is 2.80. The van der Waals surface area contributed by atoms with Crippen molar-refractivity contribution in [3.05, 3.63) is 52.9 Å². The first-order chi connectivity index (χ1) is 10.8. The summed E-state index contributed by atoms with van der Waals surface area (Å²) in [5, 5.41) is 0.